The number of hydrogen-bond acceptors (Lipinski definition) is 6. The molecule has 2 aromatic rings. The Labute approximate surface area is 156 Å². The molecule has 4 N–H and O–H groups in total. The summed E-state index contributed by atoms with van der Waals surface area (Å²) in [5.74, 6) is -0.344. The topological polar surface area (TPSA) is 134 Å². The first kappa shape index (κ1) is 20.2. The molecule has 0 heterocycles. The fourth-order valence-corrected chi connectivity index (χ4v) is 2.85. The van der Waals surface area contributed by atoms with Crippen LogP contribution in [0, 0.1) is 6.92 Å². The number of aryl methyl sites for hydroxylation is 1. The fraction of sp³-hybridized carbons (Fsp3) is 0.176. The van der Waals surface area contributed by atoms with E-state index < -0.39 is 16.0 Å². The van der Waals surface area contributed by atoms with Gasteiger partial charge in [0.15, 0.2) is 6.61 Å². The molecule has 0 spiro atoms. The summed E-state index contributed by atoms with van der Waals surface area (Å²) in [5, 5.41) is 2.64. The van der Waals surface area contributed by atoms with E-state index in [2.05, 4.69) is 16.2 Å². The van der Waals surface area contributed by atoms with Crippen molar-refractivity contribution in [1.82, 2.24) is 5.43 Å². The standard InChI is InChI=1S/C17H19N3O6S/c1-11-9-15(7-8-16(11)27(23,24)25)26-10-17(22)18-13-3-5-14(6-4-13)20-19-12(2)21/h3-9,20H,10H2,1-2H3,(H,18,22)(H,19,21)(H,23,24,25). The molecule has 0 aliphatic carbocycles. The molecule has 0 aromatic heterocycles. The zero-order valence-corrected chi connectivity index (χ0v) is 15.5. The van der Waals surface area contributed by atoms with Gasteiger partial charge in [0.05, 0.1) is 10.6 Å². The predicted molar refractivity (Wildman–Crippen MR) is 99.0 cm³/mol. The highest BCUT2D eigenvalue weighted by Gasteiger charge is 2.13. The van der Waals surface area contributed by atoms with E-state index in [1.807, 2.05) is 0 Å². The van der Waals surface area contributed by atoms with Crippen molar-refractivity contribution < 1.29 is 27.3 Å². The van der Waals surface area contributed by atoms with E-state index in [9.17, 15) is 18.0 Å². The fourth-order valence-electron chi connectivity index (χ4n) is 2.14. The lowest BCUT2D eigenvalue weighted by Crippen LogP contribution is -2.26. The molecular weight excluding hydrogens is 374 g/mol. The van der Waals surface area contributed by atoms with Crippen molar-refractivity contribution in [2.75, 3.05) is 17.3 Å². The molecule has 0 aliphatic rings. The van der Waals surface area contributed by atoms with Crippen molar-refractivity contribution in [2.45, 2.75) is 18.7 Å². The monoisotopic (exact) mass is 393 g/mol. The maximum atomic E-state index is 12.0. The largest absolute Gasteiger partial charge is 0.484 e. The molecule has 0 unspecified atom stereocenters. The molecule has 0 fully saturated rings. The third-order valence-corrected chi connectivity index (χ3v) is 4.36. The number of nitrogens with one attached hydrogen (secondary N) is 3. The third-order valence-electron chi connectivity index (χ3n) is 3.35. The lowest BCUT2D eigenvalue weighted by atomic mass is 10.2. The molecule has 2 aromatic carbocycles. The van der Waals surface area contributed by atoms with E-state index >= 15 is 0 Å². The average Bonchev–Trinajstić information content (AvgIpc) is 2.58. The van der Waals surface area contributed by atoms with Gasteiger partial charge in [-0.1, -0.05) is 0 Å². The Morgan fingerprint density at radius 1 is 1.07 bits per heavy atom. The molecule has 9 nitrogen and oxygen atoms in total. The Balaban J connectivity index is 1.89. The molecule has 144 valence electrons. The first-order chi connectivity index (χ1) is 12.6. The van der Waals surface area contributed by atoms with E-state index in [4.69, 9.17) is 9.29 Å². The predicted octanol–water partition coefficient (Wildman–Crippen LogP) is 1.72. The highest BCUT2D eigenvalue weighted by Crippen LogP contribution is 2.21. The van der Waals surface area contributed by atoms with Crippen LogP contribution in [-0.4, -0.2) is 31.4 Å². The van der Waals surface area contributed by atoms with Crippen LogP contribution >= 0.6 is 0 Å². The van der Waals surface area contributed by atoms with E-state index in [0.29, 0.717) is 22.7 Å². The second-order valence-electron chi connectivity index (χ2n) is 5.62. The van der Waals surface area contributed by atoms with Crippen molar-refractivity contribution in [2.24, 2.45) is 0 Å². The zero-order valence-electron chi connectivity index (χ0n) is 14.6. The lowest BCUT2D eigenvalue weighted by molar-refractivity contribution is -0.119. The smallest absolute Gasteiger partial charge is 0.294 e. The van der Waals surface area contributed by atoms with Gasteiger partial charge in [0.25, 0.3) is 16.0 Å². The van der Waals surface area contributed by atoms with Gasteiger partial charge in [-0.3, -0.25) is 25.0 Å². The van der Waals surface area contributed by atoms with Gasteiger partial charge >= 0.3 is 0 Å². The normalized spacial score (nSPS) is 10.8. The summed E-state index contributed by atoms with van der Waals surface area (Å²) in [6.45, 7) is 2.60. The van der Waals surface area contributed by atoms with Gasteiger partial charge < -0.3 is 10.1 Å². The van der Waals surface area contributed by atoms with Crippen molar-refractivity contribution in [1.29, 1.82) is 0 Å². The number of anilines is 2. The second-order valence-corrected chi connectivity index (χ2v) is 7.01. The van der Waals surface area contributed by atoms with Crippen LogP contribution in [0.25, 0.3) is 0 Å². The molecule has 0 aliphatic heterocycles. The van der Waals surface area contributed by atoms with E-state index in [1.54, 1.807) is 24.3 Å². The van der Waals surface area contributed by atoms with Crippen LogP contribution in [0.15, 0.2) is 47.4 Å². The van der Waals surface area contributed by atoms with Crippen LogP contribution in [0.2, 0.25) is 0 Å². The SMILES string of the molecule is CC(=O)NNc1ccc(NC(=O)COc2ccc(S(=O)(=O)O)c(C)c2)cc1. The number of hydrazine groups is 1. The molecule has 0 saturated heterocycles. The molecule has 2 amide bonds. The molecule has 0 bridgehead atoms. The van der Waals surface area contributed by atoms with Crippen LogP contribution in [0.5, 0.6) is 5.75 Å². The van der Waals surface area contributed by atoms with Crippen LogP contribution in [0.3, 0.4) is 0 Å². The van der Waals surface area contributed by atoms with Crippen LogP contribution in [-0.2, 0) is 19.7 Å². The Bertz CT molecular complexity index is 942. The van der Waals surface area contributed by atoms with Gasteiger partial charge in [0.2, 0.25) is 5.91 Å². The molecular formula is C17H19N3O6S. The summed E-state index contributed by atoms with van der Waals surface area (Å²) in [6.07, 6.45) is 0. The Morgan fingerprint density at radius 3 is 2.26 bits per heavy atom. The number of benzene rings is 2. The maximum Gasteiger partial charge on any atom is 0.294 e. The molecule has 0 saturated carbocycles. The van der Waals surface area contributed by atoms with Gasteiger partial charge in [0.1, 0.15) is 5.75 Å². The average molecular weight is 393 g/mol. The summed E-state index contributed by atoms with van der Waals surface area (Å²) < 4.78 is 36.7. The highest BCUT2D eigenvalue weighted by molar-refractivity contribution is 7.85. The highest BCUT2D eigenvalue weighted by atomic mass is 32.2. The Morgan fingerprint density at radius 2 is 1.70 bits per heavy atom. The summed E-state index contributed by atoms with van der Waals surface area (Å²) in [6, 6.07) is 10.6. The quantitative estimate of drug-likeness (QED) is 0.416. The molecule has 2 rings (SSSR count). The number of rotatable bonds is 7. The lowest BCUT2D eigenvalue weighted by Gasteiger charge is -2.10. The van der Waals surface area contributed by atoms with E-state index in [1.165, 1.54) is 32.0 Å². The summed E-state index contributed by atoms with van der Waals surface area (Å²) in [4.78, 5) is 22.6. The molecule has 0 radical (unpaired) electrons. The summed E-state index contributed by atoms with van der Waals surface area (Å²) >= 11 is 0. The van der Waals surface area contributed by atoms with Gasteiger partial charge in [-0.15, -0.1) is 0 Å². The molecule has 0 atom stereocenters. The van der Waals surface area contributed by atoms with E-state index in [0.717, 1.165) is 0 Å². The number of ether oxygens (including phenoxy) is 1. The summed E-state index contributed by atoms with van der Waals surface area (Å²) in [7, 11) is -4.30. The van der Waals surface area contributed by atoms with Crippen LogP contribution in [0.4, 0.5) is 11.4 Å². The van der Waals surface area contributed by atoms with Gasteiger partial charge in [0, 0.05) is 12.6 Å². The minimum Gasteiger partial charge on any atom is -0.484 e. The molecule has 27 heavy (non-hydrogen) atoms. The maximum absolute atomic E-state index is 12.0. The van der Waals surface area contributed by atoms with Crippen molar-refractivity contribution in [3.63, 3.8) is 0 Å². The van der Waals surface area contributed by atoms with Crippen LogP contribution < -0.4 is 20.9 Å². The summed E-state index contributed by atoms with van der Waals surface area (Å²) in [5.41, 5.74) is 6.61. The number of carbonyl (C=O) groups excluding carboxylic acids is 2. The van der Waals surface area contributed by atoms with Crippen molar-refractivity contribution in [3.05, 3.63) is 48.0 Å². The minimum absolute atomic E-state index is 0.215. The number of amides is 2. The number of hydrogen-bond donors (Lipinski definition) is 4. The Kier molecular flexibility index (Phi) is 6.37. The van der Waals surface area contributed by atoms with E-state index in [-0.39, 0.29) is 17.4 Å². The first-order valence-electron chi connectivity index (χ1n) is 7.78. The van der Waals surface area contributed by atoms with Crippen LogP contribution in [0.1, 0.15) is 12.5 Å². The first-order valence-corrected chi connectivity index (χ1v) is 9.22. The van der Waals surface area contributed by atoms with Gasteiger partial charge in [-0.05, 0) is 55.0 Å². The second kappa shape index (κ2) is 8.52. The number of carbonyl (C=O) groups is 2. The van der Waals surface area contributed by atoms with Crippen molar-refractivity contribution >= 4 is 33.3 Å². The van der Waals surface area contributed by atoms with Crippen molar-refractivity contribution in [3.8, 4) is 5.75 Å². The zero-order chi connectivity index (χ0) is 20.0. The van der Waals surface area contributed by atoms with Gasteiger partial charge in [-0.2, -0.15) is 8.42 Å². The van der Waals surface area contributed by atoms with Gasteiger partial charge in [-0.25, -0.2) is 0 Å². The Hall–Kier alpha value is -3.11. The molecule has 10 heteroatoms. The third kappa shape index (κ3) is 6.28. The minimum atomic E-state index is -4.30.